The number of fused-ring (bicyclic) bond motifs is 1. The number of aromatic nitrogens is 1. The Bertz CT molecular complexity index is 1530. The van der Waals surface area contributed by atoms with Gasteiger partial charge in [-0.15, -0.1) is 34.8 Å². The molecule has 4 aromatic carbocycles. The molecule has 0 fully saturated rings. The Morgan fingerprint density at radius 1 is 0.738 bits per heavy atom. The number of pyridine rings is 1. The molecule has 1 aromatic heterocycles. The van der Waals surface area contributed by atoms with E-state index in [0.717, 1.165) is 48.3 Å². The van der Waals surface area contributed by atoms with E-state index in [1.54, 1.807) is 6.92 Å². The summed E-state index contributed by atoms with van der Waals surface area (Å²) in [6.45, 7) is 14.0. The number of para-hydroxylation sites is 1. The van der Waals surface area contributed by atoms with Crippen LogP contribution in [0.5, 0.6) is 0 Å². The molecule has 0 N–H and O–H groups in total. The molecule has 1 unspecified atom stereocenters. The van der Waals surface area contributed by atoms with Crippen LogP contribution < -0.4 is 0 Å². The number of nitrogens with zero attached hydrogens (tertiary/aromatic N) is 2. The van der Waals surface area contributed by atoms with Crippen molar-refractivity contribution in [1.29, 1.82) is 0 Å². The summed E-state index contributed by atoms with van der Waals surface area (Å²) in [5.41, 5.74) is 9.28. The van der Waals surface area contributed by atoms with E-state index in [4.69, 9.17) is 10.3 Å². The van der Waals surface area contributed by atoms with Crippen LogP contribution in [0.2, 0.25) is 0 Å². The molecular formula is C39H43HfN2-3. The molecule has 2 nitrogen and oxygen atoms in total. The fourth-order valence-electron chi connectivity index (χ4n) is 5.58. The SMILES string of the molecule is CCCc1cccc(CCC)c1[N-]C(c1cccc(-c2[c-]ccc3ccccc23)n1)c1ccccc1C(C)C.[CH2-]C.[Hf]. The predicted octanol–water partition coefficient (Wildman–Crippen LogP) is 11.4. The number of rotatable bonds is 10. The van der Waals surface area contributed by atoms with E-state index in [9.17, 15) is 0 Å². The third-order valence-corrected chi connectivity index (χ3v) is 7.44. The molecule has 0 bridgehead atoms. The van der Waals surface area contributed by atoms with Crippen molar-refractivity contribution >= 4 is 16.5 Å². The summed E-state index contributed by atoms with van der Waals surface area (Å²) in [6.07, 6.45) is 4.23. The Kier molecular flexibility index (Phi) is 13.2. The van der Waals surface area contributed by atoms with Crippen LogP contribution in [-0.2, 0) is 38.7 Å². The predicted molar refractivity (Wildman–Crippen MR) is 177 cm³/mol. The molecule has 216 valence electrons. The molecule has 0 aliphatic carbocycles. The van der Waals surface area contributed by atoms with E-state index in [0.29, 0.717) is 5.92 Å². The number of aryl methyl sites for hydroxylation is 2. The van der Waals surface area contributed by atoms with Crippen LogP contribution in [-0.4, -0.2) is 4.98 Å². The van der Waals surface area contributed by atoms with Crippen molar-refractivity contribution in [2.24, 2.45) is 0 Å². The Balaban J connectivity index is 0.00000158. The van der Waals surface area contributed by atoms with E-state index in [1.807, 2.05) is 6.07 Å². The third-order valence-electron chi connectivity index (χ3n) is 7.44. The summed E-state index contributed by atoms with van der Waals surface area (Å²) in [7, 11) is 0. The van der Waals surface area contributed by atoms with Crippen LogP contribution in [0.1, 0.15) is 87.4 Å². The largest absolute Gasteiger partial charge is 0.673 e. The Labute approximate surface area is 272 Å². The molecule has 5 rings (SSSR count). The van der Waals surface area contributed by atoms with Gasteiger partial charge in [-0.1, -0.05) is 141 Å². The maximum absolute atomic E-state index is 5.60. The molecular weight excluding hydrogens is 675 g/mol. The summed E-state index contributed by atoms with van der Waals surface area (Å²) < 4.78 is 0. The Morgan fingerprint density at radius 3 is 2.02 bits per heavy atom. The number of benzene rings is 4. The topological polar surface area (TPSA) is 27.0 Å². The Morgan fingerprint density at radius 2 is 1.36 bits per heavy atom. The van der Waals surface area contributed by atoms with Crippen molar-refractivity contribution in [3.8, 4) is 11.3 Å². The van der Waals surface area contributed by atoms with Crippen LogP contribution in [0.4, 0.5) is 5.69 Å². The summed E-state index contributed by atoms with van der Waals surface area (Å²) in [5.74, 6) is 0.384. The minimum Gasteiger partial charge on any atom is -0.673 e. The molecule has 0 aliphatic rings. The molecule has 1 heterocycles. The number of hydrogen-bond acceptors (Lipinski definition) is 1. The van der Waals surface area contributed by atoms with E-state index in [-0.39, 0.29) is 31.9 Å². The molecule has 0 spiro atoms. The van der Waals surface area contributed by atoms with Crippen molar-refractivity contribution in [3.05, 3.63) is 143 Å². The summed E-state index contributed by atoms with van der Waals surface area (Å²) in [6, 6.07) is 37.7. The van der Waals surface area contributed by atoms with Gasteiger partial charge in [0.1, 0.15) is 0 Å². The zero-order valence-corrected chi connectivity index (χ0v) is 29.4. The minimum absolute atomic E-state index is 0. The van der Waals surface area contributed by atoms with Gasteiger partial charge in [-0.25, -0.2) is 0 Å². The first kappa shape index (κ1) is 33.5. The van der Waals surface area contributed by atoms with E-state index in [1.165, 1.54) is 33.0 Å². The molecule has 42 heavy (non-hydrogen) atoms. The first-order valence-corrected chi connectivity index (χ1v) is 15.1. The maximum atomic E-state index is 5.60. The summed E-state index contributed by atoms with van der Waals surface area (Å²) in [5, 5.41) is 7.97. The van der Waals surface area contributed by atoms with Gasteiger partial charge >= 0.3 is 0 Å². The fraction of sp³-hybridized carbons (Fsp3) is 0.282. The van der Waals surface area contributed by atoms with Crippen molar-refractivity contribution < 1.29 is 25.8 Å². The monoisotopic (exact) mass is 719 g/mol. The molecule has 0 amide bonds. The first-order chi connectivity index (χ1) is 20.1. The third kappa shape index (κ3) is 7.67. The molecule has 0 radical (unpaired) electrons. The zero-order valence-electron chi connectivity index (χ0n) is 25.8. The molecule has 1 atom stereocenters. The van der Waals surface area contributed by atoms with Gasteiger partial charge in [0.15, 0.2) is 0 Å². The normalized spacial score (nSPS) is 11.4. The van der Waals surface area contributed by atoms with Gasteiger partial charge in [0.25, 0.3) is 0 Å². The quantitative estimate of drug-likeness (QED) is 0.104. The van der Waals surface area contributed by atoms with E-state index >= 15 is 0 Å². The van der Waals surface area contributed by atoms with E-state index < -0.39 is 0 Å². The molecule has 5 aromatic rings. The van der Waals surface area contributed by atoms with Gasteiger partial charge in [-0.2, -0.15) is 6.92 Å². The fourth-order valence-corrected chi connectivity index (χ4v) is 5.58. The van der Waals surface area contributed by atoms with Crippen molar-refractivity contribution in [1.82, 2.24) is 4.98 Å². The van der Waals surface area contributed by atoms with Crippen LogP contribution in [0.3, 0.4) is 0 Å². The van der Waals surface area contributed by atoms with Gasteiger partial charge in [-0.05, 0) is 42.1 Å². The average molecular weight is 718 g/mol. The maximum Gasteiger partial charge on any atom is 0.0195 e. The summed E-state index contributed by atoms with van der Waals surface area (Å²) >= 11 is 0. The molecule has 0 saturated heterocycles. The van der Waals surface area contributed by atoms with Crippen molar-refractivity contribution in [2.45, 2.75) is 72.3 Å². The molecule has 0 saturated carbocycles. The first-order valence-electron chi connectivity index (χ1n) is 15.1. The van der Waals surface area contributed by atoms with Crippen molar-refractivity contribution in [3.63, 3.8) is 0 Å². The molecule has 0 aliphatic heterocycles. The second-order valence-corrected chi connectivity index (χ2v) is 10.6. The zero-order chi connectivity index (χ0) is 29.2. The van der Waals surface area contributed by atoms with Crippen LogP contribution in [0.15, 0.2) is 97.1 Å². The van der Waals surface area contributed by atoms with Gasteiger partial charge < -0.3 is 17.2 Å². The second-order valence-electron chi connectivity index (χ2n) is 10.6. The smallest absolute Gasteiger partial charge is 0.0195 e. The molecule has 3 heteroatoms. The van der Waals surface area contributed by atoms with E-state index in [2.05, 4.69) is 132 Å². The number of hydrogen-bond donors (Lipinski definition) is 0. The van der Waals surface area contributed by atoms with Gasteiger partial charge in [-0.3, -0.25) is 0 Å². The standard InChI is InChI=1S/C37H38N2.C2H5.Hf/c1-5-14-28-18-11-19-29(15-6-2)36(28)39-37(33-22-10-9-20-30(33)26(3)4)35-25-13-24-34(38-35)32-23-12-17-27-16-7-8-21-31(27)32;1-2;/h7-13,16-22,24-26,37H,5-6,14-15H2,1-4H3;1H2,2H3;/q-2;-1;. The van der Waals surface area contributed by atoms with Crippen LogP contribution in [0.25, 0.3) is 27.3 Å². The van der Waals surface area contributed by atoms with Gasteiger partial charge in [0.2, 0.25) is 0 Å². The van der Waals surface area contributed by atoms with Crippen LogP contribution in [0, 0.1) is 13.0 Å². The second kappa shape index (κ2) is 16.6. The van der Waals surface area contributed by atoms with Crippen LogP contribution >= 0.6 is 0 Å². The van der Waals surface area contributed by atoms with Gasteiger partial charge in [0.05, 0.1) is 0 Å². The van der Waals surface area contributed by atoms with Crippen molar-refractivity contribution in [2.75, 3.05) is 0 Å². The Hall–Kier alpha value is -3.04. The minimum atomic E-state index is -0.202. The average Bonchev–Trinajstić information content (AvgIpc) is 3.02. The van der Waals surface area contributed by atoms with Gasteiger partial charge in [0, 0.05) is 31.5 Å². The summed E-state index contributed by atoms with van der Waals surface area (Å²) in [4.78, 5) is 5.29.